The van der Waals surface area contributed by atoms with Crippen LogP contribution in [0.5, 0.6) is 0 Å². The maximum atomic E-state index is 12.2. The average molecular weight is 486 g/mol. The van der Waals surface area contributed by atoms with Crippen molar-refractivity contribution in [2.45, 2.75) is 32.0 Å². The third-order valence-electron chi connectivity index (χ3n) is 3.33. The van der Waals surface area contributed by atoms with E-state index in [1.165, 1.54) is 11.9 Å². The molecule has 0 spiro atoms. The summed E-state index contributed by atoms with van der Waals surface area (Å²) < 4.78 is 59.5. The molecular weight excluding hydrogens is 460 g/mol. The van der Waals surface area contributed by atoms with Crippen LogP contribution in [0.4, 0.5) is 13.2 Å². The molecule has 1 aliphatic heterocycles. The molecule has 1 saturated heterocycles. The van der Waals surface area contributed by atoms with Gasteiger partial charge in [0.2, 0.25) is 0 Å². The van der Waals surface area contributed by atoms with Gasteiger partial charge < -0.3 is 10.6 Å². The monoisotopic (exact) mass is 486 g/mol. The van der Waals surface area contributed by atoms with E-state index in [0.29, 0.717) is 38.4 Å². The lowest BCUT2D eigenvalue weighted by Gasteiger charge is -2.18. The molecule has 1 unspecified atom stereocenters. The van der Waals surface area contributed by atoms with Crippen LogP contribution >= 0.6 is 24.0 Å². The number of nitrogens with zero attached hydrogens (tertiary/aromatic N) is 2. The van der Waals surface area contributed by atoms with Crippen LogP contribution in [0.15, 0.2) is 4.99 Å². The van der Waals surface area contributed by atoms with Gasteiger partial charge >= 0.3 is 6.18 Å². The van der Waals surface area contributed by atoms with Crippen LogP contribution < -0.4 is 10.6 Å². The minimum atomic E-state index is -4.19. The van der Waals surface area contributed by atoms with Crippen LogP contribution in [0.2, 0.25) is 0 Å². The van der Waals surface area contributed by atoms with Gasteiger partial charge in [-0.05, 0) is 33.4 Å². The Morgan fingerprint density at radius 3 is 2.54 bits per heavy atom. The summed E-state index contributed by atoms with van der Waals surface area (Å²) in [5, 5.41) is 6.08. The number of rotatable bonds is 7. The molecule has 0 bridgehead atoms. The molecule has 24 heavy (non-hydrogen) atoms. The minimum Gasteiger partial charge on any atom is -0.357 e. The second-order valence-electron chi connectivity index (χ2n) is 5.71. The van der Waals surface area contributed by atoms with E-state index in [9.17, 15) is 21.6 Å². The number of aliphatic imine (C=N–C) groups is 1. The van der Waals surface area contributed by atoms with Crippen LogP contribution in [-0.4, -0.2) is 76.2 Å². The van der Waals surface area contributed by atoms with Crippen LogP contribution in [-0.2, 0) is 9.84 Å². The van der Waals surface area contributed by atoms with Crippen molar-refractivity contribution in [3.8, 4) is 0 Å². The van der Waals surface area contributed by atoms with Crippen LogP contribution in [0.1, 0.15) is 19.8 Å². The minimum absolute atomic E-state index is 0. The van der Waals surface area contributed by atoms with Gasteiger partial charge in [0.05, 0.1) is 18.1 Å². The SMILES string of the molecule is CCNC(=NCCCN(C)CC(F)(F)F)NC1CCS(=O)(=O)C1.I. The first-order valence-corrected chi connectivity index (χ1v) is 9.44. The number of nitrogens with one attached hydrogen (secondary N) is 2. The molecule has 6 nitrogen and oxygen atoms in total. The van der Waals surface area contributed by atoms with Crippen molar-refractivity contribution in [1.29, 1.82) is 0 Å². The number of alkyl halides is 3. The third-order valence-corrected chi connectivity index (χ3v) is 5.10. The summed E-state index contributed by atoms with van der Waals surface area (Å²) in [6, 6.07) is -0.161. The largest absolute Gasteiger partial charge is 0.401 e. The molecule has 1 fully saturated rings. The standard InChI is InChI=1S/C13H25F3N4O2S.HI/c1-3-17-12(19-11-5-8-23(21,22)9-11)18-6-4-7-20(2)10-13(14,15)16;/h11H,3-10H2,1-2H3,(H2,17,18,19);1H. The summed E-state index contributed by atoms with van der Waals surface area (Å²) in [7, 11) is -1.55. The predicted octanol–water partition coefficient (Wildman–Crippen LogP) is 1.23. The molecule has 1 rings (SSSR count). The van der Waals surface area contributed by atoms with E-state index in [2.05, 4.69) is 15.6 Å². The molecule has 1 aliphatic rings. The van der Waals surface area contributed by atoms with Crippen LogP contribution in [0, 0.1) is 0 Å². The maximum absolute atomic E-state index is 12.2. The van der Waals surface area contributed by atoms with Gasteiger partial charge in [-0.3, -0.25) is 9.89 Å². The van der Waals surface area contributed by atoms with Gasteiger partial charge in [0.25, 0.3) is 0 Å². The zero-order valence-corrected chi connectivity index (χ0v) is 17.0. The van der Waals surface area contributed by atoms with Gasteiger partial charge in [0, 0.05) is 19.1 Å². The van der Waals surface area contributed by atoms with Gasteiger partial charge in [-0.25, -0.2) is 8.42 Å². The van der Waals surface area contributed by atoms with E-state index in [0.717, 1.165) is 0 Å². The van der Waals surface area contributed by atoms with Crippen molar-refractivity contribution in [2.24, 2.45) is 4.99 Å². The lowest BCUT2D eigenvalue weighted by atomic mass is 10.3. The topological polar surface area (TPSA) is 73.8 Å². The summed E-state index contributed by atoms with van der Waals surface area (Å²) in [6.45, 7) is 2.24. The number of sulfone groups is 1. The number of hydrogen-bond acceptors (Lipinski definition) is 4. The van der Waals surface area contributed by atoms with Crippen molar-refractivity contribution in [2.75, 3.05) is 44.7 Å². The summed E-state index contributed by atoms with van der Waals surface area (Å²) >= 11 is 0. The molecule has 1 heterocycles. The van der Waals surface area contributed by atoms with E-state index in [1.54, 1.807) is 0 Å². The lowest BCUT2D eigenvalue weighted by Crippen LogP contribution is -2.44. The Labute approximate surface area is 158 Å². The first kappa shape index (κ1) is 23.7. The van der Waals surface area contributed by atoms with Crippen molar-refractivity contribution in [3.63, 3.8) is 0 Å². The smallest absolute Gasteiger partial charge is 0.357 e. The average Bonchev–Trinajstić information content (AvgIpc) is 2.72. The molecule has 0 amide bonds. The first-order chi connectivity index (χ1) is 10.6. The summed E-state index contributed by atoms with van der Waals surface area (Å²) in [6.07, 6.45) is -3.16. The normalized spacial score (nSPS) is 20.8. The highest BCUT2D eigenvalue weighted by molar-refractivity contribution is 14.0. The first-order valence-electron chi connectivity index (χ1n) is 7.62. The molecule has 144 valence electrons. The molecule has 1 atom stereocenters. The molecule has 0 aromatic carbocycles. The maximum Gasteiger partial charge on any atom is 0.401 e. The van der Waals surface area contributed by atoms with Gasteiger partial charge in [0.15, 0.2) is 15.8 Å². The van der Waals surface area contributed by atoms with Crippen molar-refractivity contribution >= 4 is 39.8 Å². The Morgan fingerprint density at radius 2 is 2.04 bits per heavy atom. The molecule has 0 aromatic rings. The fourth-order valence-corrected chi connectivity index (χ4v) is 4.01. The molecule has 0 aromatic heterocycles. The molecule has 0 aliphatic carbocycles. The number of halogens is 4. The van der Waals surface area contributed by atoms with Crippen molar-refractivity contribution in [3.05, 3.63) is 0 Å². The Bertz CT molecular complexity index is 500. The van der Waals surface area contributed by atoms with E-state index in [-0.39, 0.29) is 41.5 Å². The number of hydrogen-bond donors (Lipinski definition) is 2. The van der Waals surface area contributed by atoms with Gasteiger partial charge in [0.1, 0.15) is 0 Å². The molecule has 2 N–H and O–H groups in total. The van der Waals surface area contributed by atoms with Gasteiger partial charge in [-0.2, -0.15) is 13.2 Å². The van der Waals surface area contributed by atoms with Gasteiger partial charge in [-0.1, -0.05) is 0 Å². The molecule has 11 heteroatoms. The van der Waals surface area contributed by atoms with E-state index in [4.69, 9.17) is 0 Å². The second kappa shape index (κ2) is 10.6. The highest BCUT2D eigenvalue weighted by Gasteiger charge is 2.29. The summed E-state index contributed by atoms with van der Waals surface area (Å²) in [5.41, 5.74) is 0. The fraction of sp³-hybridized carbons (Fsp3) is 0.923. The highest BCUT2D eigenvalue weighted by atomic mass is 127. The van der Waals surface area contributed by atoms with Crippen LogP contribution in [0.25, 0.3) is 0 Å². The fourth-order valence-electron chi connectivity index (χ4n) is 2.34. The Balaban J connectivity index is 0.00000529. The number of guanidine groups is 1. The second-order valence-corrected chi connectivity index (χ2v) is 7.94. The zero-order valence-electron chi connectivity index (χ0n) is 13.9. The molecule has 0 radical (unpaired) electrons. The van der Waals surface area contributed by atoms with E-state index >= 15 is 0 Å². The quantitative estimate of drug-likeness (QED) is 0.245. The zero-order chi connectivity index (χ0) is 17.5. The van der Waals surface area contributed by atoms with E-state index in [1.807, 2.05) is 6.92 Å². The predicted molar refractivity (Wildman–Crippen MR) is 99.8 cm³/mol. The van der Waals surface area contributed by atoms with E-state index < -0.39 is 22.6 Å². The third kappa shape index (κ3) is 10.5. The molecular formula is C13H26F3IN4O2S. The Kier molecular flexibility index (Phi) is 10.5. The summed E-state index contributed by atoms with van der Waals surface area (Å²) in [5.74, 6) is 0.769. The van der Waals surface area contributed by atoms with Crippen LogP contribution in [0.3, 0.4) is 0 Å². The van der Waals surface area contributed by atoms with Crippen molar-refractivity contribution in [1.82, 2.24) is 15.5 Å². The molecule has 0 saturated carbocycles. The Hall–Kier alpha value is -0.300. The Morgan fingerprint density at radius 1 is 1.38 bits per heavy atom. The van der Waals surface area contributed by atoms with Gasteiger partial charge in [-0.15, -0.1) is 24.0 Å². The lowest BCUT2D eigenvalue weighted by molar-refractivity contribution is -0.143. The van der Waals surface area contributed by atoms with Crippen molar-refractivity contribution < 1.29 is 21.6 Å². The highest BCUT2D eigenvalue weighted by Crippen LogP contribution is 2.15. The summed E-state index contributed by atoms with van der Waals surface area (Å²) in [4.78, 5) is 5.49.